The van der Waals surface area contributed by atoms with E-state index >= 15 is 0 Å². The molecule has 0 saturated carbocycles. The lowest BCUT2D eigenvalue weighted by Crippen LogP contribution is -2.34. The lowest BCUT2D eigenvalue weighted by atomic mass is 10.2. The van der Waals surface area contributed by atoms with Crippen molar-refractivity contribution in [2.24, 2.45) is 0 Å². The van der Waals surface area contributed by atoms with Crippen molar-refractivity contribution in [3.05, 3.63) is 149 Å². The summed E-state index contributed by atoms with van der Waals surface area (Å²) < 4.78 is 0. The number of benzene rings is 4. The van der Waals surface area contributed by atoms with E-state index in [0.717, 1.165) is 21.1 Å². The van der Waals surface area contributed by atoms with Gasteiger partial charge in [-0.1, -0.05) is 67.6 Å². The van der Waals surface area contributed by atoms with Gasteiger partial charge in [0.1, 0.15) is 5.70 Å². The fourth-order valence-electron chi connectivity index (χ4n) is 4.45. The van der Waals surface area contributed by atoms with Crippen molar-refractivity contribution < 1.29 is 14.4 Å². The Morgan fingerprint density at radius 2 is 1.36 bits per heavy atom. The van der Waals surface area contributed by atoms with E-state index in [0.29, 0.717) is 17.7 Å². The summed E-state index contributed by atoms with van der Waals surface area (Å²) >= 11 is 2.95. The minimum absolute atomic E-state index is 0.00945. The lowest BCUT2D eigenvalue weighted by Gasteiger charge is -2.27. The van der Waals surface area contributed by atoms with Crippen molar-refractivity contribution in [1.29, 1.82) is 0 Å². The van der Waals surface area contributed by atoms with E-state index in [2.05, 4.69) is 10.6 Å². The first-order valence-electron chi connectivity index (χ1n) is 14.2. The van der Waals surface area contributed by atoms with Crippen LogP contribution in [0, 0.1) is 0 Å². The van der Waals surface area contributed by atoms with Gasteiger partial charge in [-0.3, -0.25) is 19.3 Å². The van der Waals surface area contributed by atoms with Crippen LogP contribution in [0.15, 0.2) is 143 Å². The van der Waals surface area contributed by atoms with Crippen LogP contribution in [0.3, 0.4) is 0 Å². The molecule has 0 aliphatic rings. The SMILES string of the molecule is CCC(Sc1ccc(NC(=O)/C(=C/c2cccs2)NC(=O)c2ccccc2)cc1)C(=O)N(c1ccccc1)c1ccccc1. The molecule has 5 aromatic rings. The normalized spacial score (nSPS) is 11.8. The molecular formula is C36H31N3O3S2. The maximum absolute atomic E-state index is 13.9. The second kappa shape index (κ2) is 15.0. The molecule has 0 spiro atoms. The summed E-state index contributed by atoms with van der Waals surface area (Å²) in [5.74, 6) is -0.818. The quantitative estimate of drug-likeness (QED) is 0.115. The standard InChI is InChI=1S/C36H31N3O3S2/c1-2-33(36(42)39(28-15-8-4-9-16-28)29-17-10-5-11-18-29)44-30-22-20-27(21-23-30)37-35(41)32(25-31-19-12-24-43-31)38-34(40)26-13-6-3-7-14-26/h3-25,33H,2H2,1H3,(H,37,41)(H,38,40)/b32-25-. The highest BCUT2D eigenvalue weighted by Gasteiger charge is 2.26. The van der Waals surface area contributed by atoms with Gasteiger partial charge in [0.15, 0.2) is 0 Å². The topological polar surface area (TPSA) is 78.5 Å². The molecule has 0 bridgehead atoms. The predicted molar refractivity (Wildman–Crippen MR) is 181 cm³/mol. The van der Waals surface area contributed by atoms with Gasteiger partial charge in [-0.25, -0.2) is 0 Å². The van der Waals surface area contributed by atoms with Crippen molar-refractivity contribution in [3.63, 3.8) is 0 Å². The zero-order chi connectivity index (χ0) is 30.7. The molecule has 0 radical (unpaired) electrons. The minimum Gasteiger partial charge on any atom is -0.321 e. The molecule has 0 saturated heterocycles. The third-order valence-corrected chi connectivity index (χ3v) is 8.83. The smallest absolute Gasteiger partial charge is 0.272 e. The van der Waals surface area contributed by atoms with Crippen molar-refractivity contribution in [2.45, 2.75) is 23.5 Å². The van der Waals surface area contributed by atoms with E-state index in [4.69, 9.17) is 0 Å². The number of nitrogens with one attached hydrogen (secondary N) is 2. The summed E-state index contributed by atoms with van der Waals surface area (Å²) in [4.78, 5) is 43.5. The zero-order valence-corrected chi connectivity index (χ0v) is 25.7. The molecule has 4 aromatic carbocycles. The molecule has 5 rings (SSSR count). The van der Waals surface area contributed by atoms with Crippen LogP contribution in [-0.4, -0.2) is 23.0 Å². The number of thiophene rings is 1. The molecule has 6 nitrogen and oxygen atoms in total. The molecule has 0 aliphatic heterocycles. The fourth-order valence-corrected chi connectivity index (χ4v) is 6.10. The number of hydrogen-bond donors (Lipinski definition) is 2. The number of hydrogen-bond acceptors (Lipinski definition) is 5. The molecule has 1 heterocycles. The van der Waals surface area contributed by atoms with Gasteiger partial charge in [0.25, 0.3) is 11.8 Å². The molecule has 220 valence electrons. The average molecular weight is 618 g/mol. The van der Waals surface area contributed by atoms with Crippen LogP contribution in [-0.2, 0) is 9.59 Å². The van der Waals surface area contributed by atoms with Crippen LogP contribution in [0.1, 0.15) is 28.6 Å². The molecule has 8 heteroatoms. The van der Waals surface area contributed by atoms with Gasteiger partial charge in [0.05, 0.1) is 5.25 Å². The van der Waals surface area contributed by atoms with Crippen LogP contribution in [0.2, 0.25) is 0 Å². The Morgan fingerprint density at radius 1 is 0.773 bits per heavy atom. The monoisotopic (exact) mass is 617 g/mol. The second-order valence-corrected chi connectivity index (χ2v) is 12.0. The van der Waals surface area contributed by atoms with Crippen LogP contribution in [0.5, 0.6) is 0 Å². The van der Waals surface area contributed by atoms with Gasteiger partial charge in [-0.15, -0.1) is 23.1 Å². The first-order chi connectivity index (χ1) is 21.5. The Balaban J connectivity index is 1.29. The molecule has 1 aromatic heterocycles. The first kappa shape index (κ1) is 30.5. The number of carbonyl (C=O) groups is 3. The van der Waals surface area contributed by atoms with Crippen LogP contribution in [0.4, 0.5) is 17.1 Å². The van der Waals surface area contributed by atoms with Crippen LogP contribution < -0.4 is 15.5 Å². The molecule has 1 atom stereocenters. The Bertz CT molecular complexity index is 1670. The van der Waals surface area contributed by atoms with Gasteiger partial charge in [0, 0.05) is 32.4 Å². The van der Waals surface area contributed by atoms with Gasteiger partial charge in [0.2, 0.25) is 5.91 Å². The van der Waals surface area contributed by atoms with Crippen molar-refractivity contribution in [2.75, 3.05) is 10.2 Å². The highest BCUT2D eigenvalue weighted by atomic mass is 32.2. The van der Waals surface area contributed by atoms with Gasteiger partial charge in [-0.2, -0.15) is 0 Å². The summed E-state index contributed by atoms with van der Waals surface area (Å²) in [6.45, 7) is 2.00. The third kappa shape index (κ3) is 7.92. The number of anilines is 3. The number of carbonyl (C=O) groups excluding carboxylic acids is 3. The Hall–Kier alpha value is -4.92. The molecule has 0 fully saturated rings. The van der Waals surface area contributed by atoms with E-state index < -0.39 is 5.91 Å². The summed E-state index contributed by atoms with van der Waals surface area (Å²) in [5.41, 5.74) is 2.79. The number of amides is 3. The van der Waals surface area contributed by atoms with E-state index in [1.807, 2.05) is 103 Å². The van der Waals surface area contributed by atoms with Crippen molar-refractivity contribution in [1.82, 2.24) is 5.32 Å². The number of thioether (sulfide) groups is 1. The number of para-hydroxylation sites is 2. The zero-order valence-electron chi connectivity index (χ0n) is 24.1. The molecule has 2 N–H and O–H groups in total. The second-order valence-electron chi connectivity index (χ2n) is 9.73. The van der Waals surface area contributed by atoms with E-state index in [1.165, 1.54) is 23.1 Å². The molecule has 0 aliphatic carbocycles. The lowest BCUT2D eigenvalue weighted by molar-refractivity contribution is -0.117. The number of rotatable bonds is 11. The summed E-state index contributed by atoms with van der Waals surface area (Å²) in [6, 6.07) is 39.2. The Labute approximate surface area is 265 Å². The molecule has 44 heavy (non-hydrogen) atoms. The van der Waals surface area contributed by atoms with Gasteiger partial charge >= 0.3 is 0 Å². The Kier molecular flexibility index (Phi) is 10.4. The van der Waals surface area contributed by atoms with Gasteiger partial charge < -0.3 is 10.6 Å². The van der Waals surface area contributed by atoms with E-state index in [9.17, 15) is 14.4 Å². The van der Waals surface area contributed by atoms with Crippen molar-refractivity contribution >= 4 is 64.0 Å². The summed E-state index contributed by atoms with van der Waals surface area (Å²) in [5, 5.41) is 7.22. The van der Waals surface area contributed by atoms with E-state index in [1.54, 1.807) is 47.4 Å². The molecule has 1 unspecified atom stereocenters. The van der Waals surface area contributed by atoms with Crippen LogP contribution >= 0.6 is 23.1 Å². The largest absolute Gasteiger partial charge is 0.321 e. The first-order valence-corrected chi connectivity index (χ1v) is 15.9. The highest BCUT2D eigenvalue weighted by molar-refractivity contribution is 8.00. The third-order valence-electron chi connectivity index (χ3n) is 6.64. The summed E-state index contributed by atoms with van der Waals surface area (Å²) in [7, 11) is 0. The Morgan fingerprint density at radius 3 is 1.91 bits per heavy atom. The molecular weight excluding hydrogens is 587 g/mol. The molecule has 3 amide bonds. The summed E-state index contributed by atoms with van der Waals surface area (Å²) in [6.07, 6.45) is 2.30. The van der Waals surface area contributed by atoms with E-state index in [-0.39, 0.29) is 22.8 Å². The highest BCUT2D eigenvalue weighted by Crippen LogP contribution is 2.33. The maximum atomic E-state index is 13.9. The number of nitrogens with zero attached hydrogens (tertiary/aromatic N) is 1. The van der Waals surface area contributed by atoms with Gasteiger partial charge in [-0.05, 0) is 84.6 Å². The van der Waals surface area contributed by atoms with Crippen molar-refractivity contribution in [3.8, 4) is 0 Å². The fraction of sp³-hybridized carbons (Fsp3) is 0.0833. The van der Waals surface area contributed by atoms with Crippen LogP contribution in [0.25, 0.3) is 6.08 Å². The minimum atomic E-state index is -0.439. The maximum Gasteiger partial charge on any atom is 0.272 e. The predicted octanol–water partition coefficient (Wildman–Crippen LogP) is 8.39. The average Bonchev–Trinajstić information content (AvgIpc) is 3.59.